The van der Waals surface area contributed by atoms with Gasteiger partial charge in [0, 0.05) is 5.69 Å². The molecule has 1 aliphatic carbocycles. The first kappa shape index (κ1) is 12.6. The van der Waals surface area contributed by atoms with Crippen LogP contribution < -0.4 is 5.32 Å². The average molecular weight is 251 g/mol. The highest BCUT2D eigenvalue weighted by Crippen LogP contribution is 2.30. The van der Waals surface area contributed by atoms with Gasteiger partial charge in [-0.3, -0.25) is 4.79 Å². The summed E-state index contributed by atoms with van der Waals surface area (Å²) >= 11 is 0. The topological polar surface area (TPSA) is 95.1 Å². The van der Waals surface area contributed by atoms with E-state index in [4.69, 9.17) is 0 Å². The Balaban J connectivity index is 2.20. The second-order valence-corrected chi connectivity index (χ2v) is 4.84. The van der Waals surface area contributed by atoms with Crippen LogP contribution in [-0.2, 0) is 4.79 Å². The van der Waals surface area contributed by atoms with Crippen molar-refractivity contribution in [2.24, 2.45) is 0 Å². The molecule has 1 aliphatic rings. The maximum absolute atomic E-state index is 12.1. The lowest BCUT2D eigenvalue weighted by Crippen LogP contribution is -2.52. The third kappa shape index (κ3) is 2.10. The zero-order chi connectivity index (χ0) is 13.3. The summed E-state index contributed by atoms with van der Waals surface area (Å²) in [4.78, 5) is 30.4. The SMILES string of the molecule is Cc1nc(C(=O)NC2(C(=O)O)CCCC2)c(C)[nH]1. The molecule has 98 valence electrons. The number of carboxylic acid groups (broad SMARTS) is 1. The maximum atomic E-state index is 12.1. The van der Waals surface area contributed by atoms with E-state index in [0.29, 0.717) is 24.4 Å². The highest BCUT2D eigenvalue weighted by Gasteiger charge is 2.43. The molecule has 0 bridgehead atoms. The number of imidazole rings is 1. The number of aromatic nitrogens is 2. The molecule has 1 fully saturated rings. The Kier molecular flexibility index (Phi) is 3.11. The number of aliphatic carboxylic acids is 1. The van der Waals surface area contributed by atoms with Gasteiger partial charge >= 0.3 is 5.97 Å². The Morgan fingerprint density at radius 2 is 1.94 bits per heavy atom. The van der Waals surface area contributed by atoms with E-state index in [2.05, 4.69) is 15.3 Å². The number of hydrogen-bond acceptors (Lipinski definition) is 3. The molecule has 1 saturated carbocycles. The Morgan fingerprint density at radius 3 is 2.39 bits per heavy atom. The van der Waals surface area contributed by atoms with Crippen molar-refractivity contribution in [2.45, 2.75) is 45.1 Å². The number of nitrogens with zero attached hydrogens (tertiary/aromatic N) is 1. The molecule has 0 aromatic carbocycles. The highest BCUT2D eigenvalue weighted by molar-refractivity contribution is 5.97. The number of carbonyl (C=O) groups excluding carboxylic acids is 1. The molecule has 3 N–H and O–H groups in total. The van der Waals surface area contributed by atoms with Crippen molar-refractivity contribution < 1.29 is 14.7 Å². The molecular formula is C12H17N3O3. The number of aryl methyl sites for hydroxylation is 2. The van der Waals surface area contributed by atoms with Crippen molar-refractivity contribution in [1.29, 1.82) is 0 Å². The summed E-state index contributed by atoms with van der Waals surface area (Å²) < 4.78 is 0. The van der Waals surface area contributed by atoms with E-state index in [0.717, 1.165) is 12.8 Å². The fourth-order valence-electron chi connectivity index (χ4n) is 2.48. The van der Waals surface area contributed by atoms with Gasteiger partial charge in [0.15, 0.2) is 0 Å². The lowest BCUT2D eigenvalue weighted by molar-refractivity contribution is -0.144. The fraction of sp³-hybridized carbons (Fsp3) is 0.583. The summed E-state index contributed by atoms with van der Waals surface area (Å²) in [6.07, 6.45) is 2.61. The lowest BCUT2D eigenvalue weighted by Gasteiger charge is -2.24. The van der Waals surface area contributed by atoms with Crippen molar-refractivity contribution in [1.82, 2.24) is 15.3 Å². The summed E-state index contributed by atoms with van der Waals surface area (Å²) in [5.74, 6) is -0.729. The number of rotatable bonds is 3. The van der Waals surface area contributed by atoms with Crippen molar-refractivity contribution in [3.63, 3.8) is 0 Å². The molecule has 18 heavy (non-hydrogen) atoms. The van der Waals surface area contributed by atoms with Crippen LogP contribution in [0.5, 0.6) is 0 Å². The number of hydrogen-bond donors (Lipinski definition) is 3. The van der Waals surface area contributed by atoms with E-state index in [1.165, 1.54) is 0 Å². The van der Waals surface area contributed by atoms with Gasteiger partial charge in [-0.2, -0.15) is 0 Å². The third-order valence-electron chi connectivity index (χ3n) is 3.44. The molecule has 6 heteroatoms. The number of carbonyl (C=O) groups is 2. The van der Waals surface area contributed by atoms with Gasteiger partial charge in [-0.1, -0.05) is 12.8 Å². The van der Waals surface area contributed by atoms with E-state index in [1.807, 2.05) is 0 Å². The van der Waals surface area contributed by atoms with E-state index < -0.39 is 17.4 Å². The van der Waals surface area contributed by atoms with Gasteiger partial charge in [0.05, 0.1) is 0 Å². The van der Waals surface area contributed by atoms with E-state index in [9.17, 15) is 14.7 Å². The number of nitrogens with one attached hydrogen (secondary N) is 2. The first-order valence-electron chi connectivity index (χ1n) is 6.04. The minimum Gasteiger partial charge on any atom is -0.480 e. The quantitative estimate of drug-likeness (QED) is 0.751. The highest BCUT2D eigenvalue weighted by atomic mass is 16.4. The molecule has 2 rings (SSSR count). The summed E-state index contributed by atoms with van der Waals surface area (Å²) in [5.41, 5.74) is -0.181. The van der Waals surface area contributed by atoms with E-state index >= 15 is 0 Å². The molecule has 0 spiro atoms. The molecular weight excluding hydrogens is 234 g/mol. The van der Waals surface area contributed by atoms with E-state index in [-0.39, 0.29) is 5.69 Å². The number of H-pyrrole nitrogens is 1. The van der Waals surface area contributed by atoms with Gasteiger partial charge in [-0.25, -0.2) is 9.78 Å². The van der Waals surface area contributed by atoms with Crippen LogP contribution in [0, 0.1) is 13.8 Å². The van der Waals surface area contributed by atoms with Crippen LogP contribution in [0.4, 0.5) is 0 Å². The monoisotopic (exact) mass is 251 g/mol. The summed E-state index contributed by atoms with van der Waals surface area (Å²) in [6.45, 7) is 3.50. The van der Waals surface area contributed by atoms with Crippen LogP contribution in [0.3, 0.4) is 0 Å². The Bertz CT molecular complexity index is 487. The molecule has 1 heterocycles. The molecule has 1 amide bonds. The normalized spacial score (nSPS) is 17.7. The van der Waals surface area contributed by atoms with Crippen molar-refractivity contribution in [3.05, 3.63) is 17.2 Å². The van der Waals surface area contributed by atoms with Crippen molar-refractivity contribution in [2.75, 3.05) is 0 Å². The first-order valence-corrected chi connectivity index (χ1v) is 6.04. The summed E-state index contributed by atoms with van der Waals surface area (Å²) in [7, 11) is 0. The molecule has 0 radical (unpaired) electrons. The molecule has 6 nitrogen and oxygen atoms in total. The van der Waals surface area contributed by atoms with Crippen LogP contribution in [0.1, 0.15) is 47.7 Å². The van der Waals surface area contributed by atoms with Crippen LogP contribution >= 0.6 is 0 Å². The number of carboxylic acids is 1. The third-order valence-corrected chi connectivity index (χ3v) is 3.44. The smallest absolute Gasteiger partial charge is 0.329 e. The predicted molar refractivity (Wildman–Crippen MR) is 64.4 cm³/mol. The molecule has 0 aliphatic heterocycles. The van der Waals surface area contributed by atoms with Crippen molar-refractivity contribution in [3.8, 4) is 0 Å². The lowest BCUT2D eigenvalue weighted by atomic mass is 9.97. The predicted octanol–water partition coefficient (Wildman–Crippen LogP) is 1.15. The zero-order valence-electron chi connectivity index (χ0n) is 10.5. The minimum atomic E-state index is -1.11. The average Bonchev–Trinajstić information content (AvgIpc) is 2.86. The van der Waals surface area contributed by atoms with E-state index in [1.54, 1.807) is 13.8 Å². The van der Waals surface area contributed by atoms with Crippen LogP contribution in [0.15, 0.2) is 0 Å². The Morgan fingerprint density at radius 1 is 1.33 bits per heavy atom. The van der Waals surface area contributed by atoms with Crippen LogP contribution in [-0.4, -0.2) is 32.5 Å². The van der Waals surface area contributed by atoms with Gasteiger partial charge < -0.3 is 15.4 Å². The van der Waals surface area contributed by atoms with Gasteiger partial charge in [0.1, 0.15) is 17.1 Å². The fourth-order valence-corrected chi connectivity index (χ4v) is 2.48. The molecule has 0 atom stereocenters. The molecule has 1 aromatic rings. The molecule has 1 aromatic heterocycles. The largest absolute Gasteiger partial charge is 0.480 e. The summed E-state index contributed by atoms with van der Waals surface area (Å²) in [5, 5.41) is 11.9. The van der Waals surface area contributed by atoms with Gasteiger partial charge in [-0.15, -0.1) is 0 Å². The second-order valence-electron chi connectivity index (χ2n) is 4.84. The van der Waals surface area contributed by atoms with Gasteiger partial charge in [0.25, 0.3) is 5.91 Å². The van der Waals surface area contributed by atoms with Gasteiger partial charge in [-0.05, 0) is 26.7 Å². The summed E-state index contributed by atoms with van der Waals surface area (Å²) in [6, 6.07) is 0. The van der Waals surface area contributed by atoms with Crippen molar-refractivity contribution >= 4 is 11.9 Å². The zero-order valence-corrected chi connectivity index (χ0v) is 10.5. The Hall–Kier alpha value is -1.85. The standard InChI is InChI=1S/C12H17N3O3/c1-7-9(14-8(2)13-7)10(16)15-12(11(17)18)5-3-4-6-12/h3-6H2,1-2H3,(H,13,14)(H,15,16)(H,17,18). The number of amides is 1. The Labute approximate surface area is 105 Å². The number of aromatic amines is 1. The first-order chi connectivity index (χ1) is 8.44. The van der Waals surface area contributed by atoms with Crippen LogP contribution in [0.2, 0.25) is 0 Å². The van der Waals surface area contributed by atoms with Crippen LogP contribution in [0.25, 0.3) is 0 Å². The van der Waals surface area contributed by atoms with Gasteiger partial charge in [0.2, 0.25) is 0 Å². The maximum Gasteiger partial charge on any atom is 0.329 e. The molecule has 0 unspecified atom stereocenters. The second kappa shape index (κ2) is 4.44. The minimum absolute atomic E-state index is 0.278. The molecule has 0 saturated heterocycles.